The lowest BCUT2D eigenvalue weighted by Gasteiger charge is -2.09. The van der Waals surface area contributed by atoms with Crippen LogP contribution in [-0.4, -0.2) is 16.1 Å². The Labute approximate surface area is 110 Å². The molecule has 0 spiro atoms. The van der Waals surface area contributed by atoms with Gasteiger partial charge in [-0.15, -0.1) is 0 Å². The number of aryl methyl sites for hydroxylation is 2. The molecule has 0 bridgehead atoms. The van der Waals surface area contributed by atoms with Gasteiger partial charge >= 0.3 is 5.97 Å². The molecule has 0 amide bonds. The Balaban J connectivity index is 2.16. The van der Waals surface area contributed by atoms with Crippen molar-refractivity contribution in [1.82, 2.24) is 4.98 Å². The van der Waals surface area contributed by atoms with Gasteiger partial charge in [0.15, 0.2) is 6.61 Å². The average molecular weight is 261 g/mol. The molecule has 0 saturated heterocycles. The van der Waals surface area contributed by atoms with Gasteiger partial charge in [0.25, 0.3) is 0 Å². The predicted octanol–water partition coefficient (Wildman–Crippen LogP) is 2.88. The number of ether oxygens (including phenoxy) is 1. The molecule has 1 aromatic carbocycles. The normalized spacial score (nSPS) is 10.5. The first-order valence-corrected chi connectivity index (χ1v) is 5.87. The summed E-state index contributed by atoms with van der Waals surface area (Å²) in [5.74, 6) is 0.795. The highest BCUT2D eigenvalue weighted by molar-refractivity contribution is 5.90. The Hall–Kier alpha value is -2.30. The summed E-state index contributed by atoms with van der Waals surface area (Å²) in [7, 11) is 0. The monoisotopic (exact) mass is 261 g/mol. The molecule has 0 aliphatic rings. The lowest BCUT2D eigenvalue weighted by Crippen LogP contribution is -2.03. The van der Waals surface area contributed by atoms with Gasteiger partial charge in [0.1, 0.15) is 11.5 Å². The zero-order valence-corrected chi connectivity index (χ0v) is 11.1. The van der Waals surface area contributed by atoms with Crippen LogP contribution in [0.5, 0.6) is 5.75 Å². The zero-order valence-electron chi connectivity index (χ0n) is 11.1. The summed E-state index contributed by atoms with van der Waals surface area (Å²) in [4.78, 5) is 15.2. The van der Waals surface area contributed by atoms with E-state index in [1.54, 1.807) is 25.1 Å². The second-order valence-electron chi connectivity index (χ2n) is 4.27. The van der Waals surface area contributed by atoms with Crippen LogP contribution >= 0.6 is 0 Å². The third-order valence-corrected chi connectivity index (χ3v) is 2.94. The summed E-state index contributed by atoms with van der Waals surface area (Å²) in [5.41, 5.74) is 1.65. The first-order valence-electron chi connectivity index (χ1n) is 5.87. The van der Waals surface area contributed by atoms with E-state index in [2.05, 4.69) is 4.98 Å². The Morgan fingerprint density at radius 3 is 2.68 bits per heavy atom. The number of carboxylic acids is 1. The molecular formula is C14H15NO4. The van der Waals surface area contributed by atoms with E-state index in [4.69, 9.17) is 14.3 Å². The molecule has 19 heavy (non-hydrogen) atoms. The molecule has 0 radical (unpaired) electrons. The van der Waals surface area contributed by atoms with Crippen LogP contribution in [0.4, 0.5) is 0 Å². The first kappa shape index (κ1) is 13.1. The topological polar surface area (TPSA) is 72.6 Å². The standard InChI is InChI=1S/C14H15NO4/c1-8-11(14(16)17)5-4-6-12(8)18-7-13-15-9(2)10(3)19-13/h4-6H,7H2,1-3H3,(H,16,17). The predicted molar refractivity (Wildman–Crippen MR) is 68.4 cm³/mol. The van der Waals surface area contributed by atoms with E-state index in [1.165, 1.54) is 0 Å². The van der Waals surface area contributed by atoms with Gasteiger partial charge < -0.3 is 14.3 Å². The molecule has 0 unspecified atom stereocenters. The van der Waals surface area contributed by atoms with E-state index in [0.717, 1.165) is 11.5 Å². The first-order chi connectivity index (χ1) is 8.99. The number of carboxylic acid groups (broad SMARTS) is 1. The van der Waals surface area contributed by atoms with E-state index < -0.39 is 5.97 Å². The van der Waals surface area contributed by atoms with Gasteiger partial charge in [-0.1, -0.05) is 6.07 Å². The van der Waals surface area contributed by atoms with Crippen molar-refractivity contribution in [3.8, 4) is 5.75 Å². The van der Waals surface area contributed by atoms with Crippen molar-refractivity contribution >= 4 is 5.97 Å². The van der Waals surface area contributed by atoms with Gasteiger partial charge in [-0.3, -0.25) is 0 Å². The molecule has 5 heteroatoms. The molecule has 100 valence electrons. The Bertz CT molecular complexity index is 596. The van der Waals surface area contributed by atoms with Crippen LogP contribution in [0, 0.1) is 20.8 Å². The quantitative estimate of drug-likeness (QED) is 0.916. The molecule has 5 nitrogen and oxygen atoms in total. The van der Waals surface area contributed by atoms with Gasteiger partial charge in [-0.2, -0.15) is 0 Å². The maximum atomic E-state index is 11.0. The fourth-order valence-corrected chi connectivity index (χ4v) is 1.74. The Morgan fingerprint density at radius 1 is 1.37 bits per heavy atom. The molecule has 2 rings (SSSR count). The molecule has 0 aliphatic heterocycles. The number of rotatable bonds is 4. The lowest BCUT2D eigenvalue weighted by molar-refractivity contribution is 0.0695. The fourth-order valence-electron chi connectivity index (χ4n) is 1.74. The summed E-state index contributed by atoms with van der Waals surface area (Å²) in [6.07, 6.45) is 0. The van der Waals surface area contributed by atoms with Crippen molar-refractivity contribution in [3.63, 3.8) is 0 Å². The van der Waals surface area contributed by atoms with Crippen LogP contribution in [0.25, 0.3) is 0 Å². The summed E-state index contributed by atoms with van der Waals surface area (Å²) in [6, 6.07) is 4.92. The number of carbonyl (C=O) groups is 1. The maximum absolute atomic E-state index is 11.0. The van der Waals surface area contributed by atoms with E-state index >= 15 is 0 Å². The number of aromatic nitrogens is 1. The van der Waals surface area contributed by atoms with Crippen molar-refractivity contribution < 1.29 is 19.1 Å². The fraction of sp³-hybridized carbons (Fsp3) is 0.286. The Morgan fingerprint density at radius 2 is 2.11 bits per heavy atom. The van der Waals surface area contributed by atoms with Crippen LogP contribution in [0.15, 0.2) is 22.6 Å². The number of oxazole rings is 1. The highest BCUT2D eigenvalue weighted by Crippen LogP contribution is 2.22. The highest BCUT2D eigenvalue weighted by Gasteiger charge is 2.12. The lowest BCUT2D eigenvalue weighted by atomic mass is 10.1. The molecule has 1 aromatic heterocycles. The molecule has 0 atom stereocenters. The van der Waals surface area contributed by atoms with Gasteiger partial charge in [0.05, 0.1) is 11.3 Å². The number of hydrogen-bond acceptors (Lipinski definition) is 4. The molecule has 1 heterocycles. The summed E-state index contributed by atoms with van der Waals surface area (Å²) >= 11 is 0. The van der Waals surface area contributed by atoms with E-state index in [0.29, 0.717) is 17.2 Å². The average Bonchev–Trinajstić information content (AvgIpc) is 2.67. The largest absolute Gasteiger partial charge is 0.484 e. The van der Waals surface area contributed by atoms with Crippen molar-refractivity contribution in [3.05, 3.63) is 46.7 Å². The van der Waals surface area contributed by atoms with E-state index in [1.807, 2.05) is 13.8 Å². The van der Waals surface area contributed by atoms with Crippen LogP contribution in [0.1, 0.15) is 33.3 Å². The van der Waals surface area contributed by atoms with Gasteiger partial charge in [-0.25, -0.2) is 9.78 Å². The van der Waals surface area contributed by atoms with Crippen LogP contribution in [-0.2, 0) is 6.61 Å². The molecule has 2 aromatic rings. The van der Waals surface area contributed by atoms with Crippen LogP contribution in [0.3, 0.4) is 0 Å². The van der Waals surface area contributed by atoms with Crippen molar-refractivity contribution in [2.45, 2.75) is 27.4 Å². The van der Waals surface area contributed by atoms with Crippen LogP contribution < -0.4 is 4.74 Å². The minimum atomic E-state index is -0.967. The van der Waals surface area contributed by atoms with Gasteiger partial charge in [-0.05, 0) is 32.9 Å². The number of nitrogens with zero attached hydrogens (tertiary/aromatic N) is 1. The Kier molecular flexibility index (Phi) is 3.55. The van der Waals surface area contributed by atoms with Gasteiger partial charge in [0.2, 0.25) is 5.89 Å². The smallest absolute Gasteiger partial charge is 0.336 e. The van der Waals surface area contributed by atoms with E-state index in [-0.39, 0.29) is 12.2 Å². The SMILES string of the molecule is Cc1nc(COc2cccc(C(=O)O)c2C)oc1C. The second-order valence-corrected chi connectivity index (χ2v) is 4.27. The molecule has 0 saturated carbocycles. The molecule has 1 N–H and O–H groups in total. The van der Waals surface area contributed by atoms with Crippen LogP contribution in [0.2, 0.25) is 0 Å². The molecule has 0 fully saturated rings. The number of aromatic carboxylic acids is 1. The zero-order chi connectivity index (χ0) is 14.0. The minimum Gasteiger partial charge on any atom is -0.484 e. The highest BCUT2D eigenvalue weighted by atomic mass is 16.5. The van der Waals surface area contributed by atoms with E-state index in [9.17, 15) is 4.79 Å². The summed E-state index contributed by atoms with van der Waals surface area (Å²) < 4.78 is 11.0. The molecule has 0 aliphatic carbocycles. The van der Waals surface area contributed by atoms with Gasteiger partial charge in [0, 0.05) is 5.56 Å². The second kappa shape index (κ2) is 5.14. The van der Waals surface area contributed by atoms with Crippen molar-refractivity contribution in [1.29, 1.82) is 0 Å². The maximum Gasteiger partial charge on any atom is 0.336 e. The number of hydrogen-bond donors (Lipinski definition) is 1. The molecular weight excluding hydrogens is 246 g/mol. The third-order valence-electron chi connectivity index (χ3n) is 2.94. The van der Waals surface area contributed by atoms with Crippen molar-refractivity contribution in [2.24, 2.45) is 0 Å². The minimum absolute atomic E-state index is 0.179. The number of benzene rings is 1. The van der Waals surface area contributed by atoms with Crippen molar-refractivity contribution in [2.75, 3.05) is 0 Å². The summed E-state index contributed by atoms with van der Waals surface area (Å²) in [6.45, 7) is 5.59. The third kappa shape index (κ3) is 2.76. The summed E-state index contributed by atoms with van der Waals surface area (Å²) in [5, 5.41) is 9.03.